The highest BCUT2D eigenvalue weighted by Crippen LogP contribution is 2.52. The standard InChI is InChI=1S/C31H25Br/c1-19-17-29-24(14-8-16-30(29)32)27(19)18-28-20(2)31(26-13-6-5-12-23(26)28)25-15-7-10-21-9-3-4-11-22(21)25/h3-17,27-28H,18H2,1-2H3. The summed E-state index contributed by atoms with van der Waals surface area (Å²) in [6.07, 6.45) is 3.48. The van der Waals surface area contributed by atoms with E-state index in [0.29, 0.717) is 11.8 Å². The van der Waals surface area contributed by atoms with Gasteiger partial charge in [-0.05, 0) is 70.5 Å². The molecule has 0 saturated heterocycles. The van der Waals surface area contributed by atoms with E-state index >= 15 is 0 Å². The molecule has 1 heteroatoms. The van der Waals surface area contributed by atoms with Gasteiger partial charge >= 0.3 is 0 Å². The highest BCUT2D eigenvalue weighted by Gasteiger charge is 2.34. The van der Waals surface area contributed by atoms with Crippen LogP contribution in [0.5, 0.6) is 0 Å². The zero-order valence-corrected chi connectivity index (χ0v) is 20.0. The molecule has 0 fully saturated rings. The lowest BCUT2D eigenvalue weighted by Gasteiger charge is -2.22. The predicted molar refractivity (Wildman–Crippen MR) is 140 cm³/mol. The predicted octanol–water partition coefficient (Wildman–Crippen LogP) is 9.11. The molecule has 4 aromatic rings. The second-order valence-corrected chi connectivity index (χ2v) is 10.00. The molecule has 0 saturated carbocycles. The maximum absolute atomic E-state index is 3.76. The Labute approximate surface area is 198 Å². The average molecular weight is 477 g/mol. The van der Waals surface area contributed by atoms with Gasteiger partial charge in [0.2, 0.25) is 0 Å². The molecule has 0 nitrogen and oxygen atoms in total. The van der Waals surface area contributed by atoms with E-state index in [4.69, 9.17) is 0 Å². The Morgan fingerprint density at radius 3 is 2.28 bits per heavy atom. The smallest absolute Gasteiger partial charge is 0.0250 e. The van der Waals surface area contributed by atoms with Gasteiger partial charge in [-0.15, -0.1) is 0 Å². The van der Waals surface area contributed by atoms with Crippen LogP contribution >= 0.6 is 15.9 Å². The van der Waals surface area contributed by atoms with Crippen LogP contribution in [0.2, 0.25) is 0 Å². The highest BCUT2D eigenvalue weighted by atomic mass is 79.9. The zero-order valence-electron chi connectivity index (χ0n) is 18.4. The average Bonchev–Trinajstić information content (AvgIpc) is 3.28. The molecule has 0 amide bonds. The SMILES string of the molecule is CC1=Cc2c(Br)cccc2C1CC1C(C)=C(c2cccc3ccccc23)c2ccccc21. The third kappa shape index (κ3) is 2.95. The Kier molecular flexibility index (Phi) is 4.69. The first-order chi connectivity index (χ1) is 15.6. The largest absolute Gasteiger partial charge is 0.0651 e. The van der Waals surface area contributed by atoms with Gasteiger partial charge in [0, 0.05) is 16.3 Å². The molecule has 0 spiro atoms. The zero-order chi connectivity index (χ0) is 21.8. The minimum absolute atomic E-state index is 0.429. The molecule has 32 heavy (non-hydrogen) atoms. The molecule has 0 radical (unpaired) electrons. The third-order valence-electron chi connectivity index (χ3n) is 7.44. The van der Waals surface area contributed by atoms with Crippen molar-refractivity contribution in [1.82, 2.24) is 0 Å². The third-order valence-corrected chi connectivity index (χ3v) is 8.13. The van der Waals surface area contributed by atoms with Gasteiger partial charge in [0.1, 0.15) is 0 Å². The highest BCUT2D eigenvalue weighted by molar-refractivity contribution is 9.10. The minimum atomic E-state index is 0.429. The lowest BCUT2D eigenvalue weighted by Crippen LogP contribution is -2.06. The van der Waals surface area contributed by atoms with Gasteiger partial charge in [-0.1, -0.05) is 112 Å². The summed E-state index contributed by atoms with van der Waals surface area (Å²) < 4.78 is 1.20. The van der Waals surface area contributed by atoms with Crippen LogP contribution in [0.25, 0.3) is 22.4 Å². The fourth-order valence-corrected chi connectivity index (χ4v) is 6.38. The van der Waals surface area contributed by atoms with Gasteiger partial charge in [-0.25, -0.2) is 0 Å². The van der Waals surface area contributed by atoms with E-state index in [-0.39, 0.29) is 0 Å². The molecule has 0 bridgehead atoms. The second-order valence-electron chi connectivity index (χ2n) is 9.14. The Balaban J connectivity index is 1.50. The van der Waals surface area contributed by atoms with Crippen LogP contribution in [0.3, 0.4) is 0 Å². The first kappa shape index (κ1) is 19.8. The summed E-state index contributed by atoms with van der Waals surface area (Å²) in [7, 11) is 0. The van der Waals surface area contributed by atoms with Crippen molar-refractivity contribution in [2.45, 2.75) is 32.1 Å². The summed E-state index contributed by atoms with van der Waals surface area (Å²) in [5.74, 6) is 0.890. The summed E-state index contributed by atoms with van der Waals surface area (Å²) >= 11 is 3.76. The van der Waals surface area contributed by atoms with Gasteiger partial charge in [0.25, 0.3) is 0 Å². The van der Waals surface area contributed by atoms with Crippen LogP contribution in [0.15, 0.2) is 101 Å². The number of hydrogen-bond donors (Lipinski definition) is 0. The van der Waals surface area contributed by atoms with E-state index in [1.54, 1.807) is 0 Å². The van der Waals surface area contributed by atoms with Crippen LogP contribution in [0.1, 0.15) is 59.9 Å². The second kappa shape index (κ2) is 7.60. The summed E-state index contributed by atoms with van der Waals surface area (Å²) in [6.45, 7) is 4.65. The van der Waals surface area contributed by atoms with Gasteiger partial charge in [0.05, 0.1) is 0 Å². The fourth-order valence-electron chi connectivity index (χ4n) is 5.89. The Bertz CT molecular complexity index is 1430. The number of halogens is 1. The van der Waals surface area contributed by atoms with Crippen molar-refractivity contribution >= 4 is 38.4 Å². The van der Waals surface area contributed by atoms with Crippen LogP contribution < -0.4 is 0 Å². The van der Waals surface area contributed by atoms with Gasteiger partial charge in [-0.2, -0.15) is 0 Å². The number of fused-ring (bicyclic) bond motifs is 3. The molecular formula is C31H25Br. The van der Waals surface area contributed by atoms with E-state index in [1.807, 2.05) is 0 Å². The number of rotatable bonds is 3. The van der Waals surface area contributed by atoms with Crippen molar-refractivity contribution < 1.29 is 0 Å². The molecule has 4 aromatic carbocycles. The first-order valence-corrected chi connectivity index (χ1v) is 12.2. The Morgan fingerprint density at radius 1 is 0.688 bits per heavy atom. The number of allylic oxidation sites excluding steroid dienone is 2. The molecule has 2 aliphatic carbocycles. The lowest BCUT2D eigenvalue weighted by atomic mass is 9.82. The summed E-state index contributed by atoms with van der Waals surface area (Å²) in [4.78, 5) is 0. The van der Waals surface area contributed by atoms with Crippen LogP contribution in [-0.2, 0) is 0 Å². The van der Waals surface area contributed by atoms with Crippen molar-refractivity contribution in [2.24, 2.45) is 0 Å². The summed E-state index contributed by atoms with van der Waals surface area (Å²) in [5, 5.41) is 2.64. The molecule has 2 atom stereocenters. The maximum Gasteiger partial charge on any atom is 0.0250 e. The molecule has 6 rings (SSSR count). The van der Waals surface area contributed by atoms with Crippen molar-refractivity contribution in [1.29, 1.82) is 0 Å². The van der Waals surface area contributed by atoms with Crippen molar-refractivity contribution in [3.63, 3.8) is 0 Å². The quantitative estimate of drug-likeness (QED) is 0.276. The van der Waals surface area contributed by atoms with E-state index < -0.39 is 0 Å². The van der Waals surface area contributed by atoms with E-state index in [9.17, 15) is 0 Å². The molecule has 0 N–H and O–H groups in total. The lowest BCUT2D eigenvalue weighted by molar-refractivity contribution is 0.642. The van der Waals surface area contributed by atoms with Gasteiger partial charge in [-0.3, -0.25) is 0 Å². The van der Waals surface area contributed by atoms with Crippen LogP contribution in [0, 0.1) is 0 Å². The Morgan fingerprint density at radius 2 is 1.38 bits per heavy atom. The van der Waals surface area contributed by atoms with Crippen molar-refractivity contribution in [3.8, 4) is 0 Å². The van der Waals surface area contributed by atoms with Crippen LogP contribution in [-0.4, -0.2) is 0 Å². The summed E-state index contributed by atoms with van der Waals surface area (Å²) in [5.41, 5.74) is 11.5. The minimum Gasteiger partial charge on any atom is -0.0651 e. The monoisotopic (exact) mass is 476 g/mol. The Hall–Kier alpha value is -2.90. The van der Waals surface area contributed by atoms with E-state index in [2.05, 4.69) is 121 Å². The fraction of sp³-hybridized carbons (Fsp3) is 0.161. The molecule has 156 valence electrons. The van der Waals surface area contributed by atoms with E-state index in [1.165, 1.54) is 59.8 Å². The van der Waals surface area contributed by atoms with Gasteiger partial charge in [0.15, 0.2) is 0 Å². The topological polar surface area (TPSA) is 0 Å². The molecule has 0 aliphatic heterocycles. The normalized spacial score (nSPS) is 19.3. The molecule has 2 unspecified atom stereocenters. The number of hydrogen-bond acceptors (Lipinski definition) is 0. The van der Waals surface area contributed by atoms with Crippen molar-refractivity contribution in [3.05, 3.63) is 128 Å². The van der Waals surface area contributed by atoms with E-state index in [0.717, 1.165) is 6.42 Å². The maximum atomic E-state index is 3.76. The molecular weight excluding hydrogens is 452 g/mol. The first-order valence-electron chi connectivity index (χ1n) is 11.4. The molecule has 0 heterocycles. The molecule has 2 aliphatic rings. The summed E-state index contributed by atoms with van der Waals surface area (Å²) in [6, 6.07) is 31.2. The number of benzene rings is 4. The van der Waals surface area contributed by atoms with Crippen LogP contribution in [0.4, 0.5) is 0 Å². The molecule has 0 aromatic heterocycles. The van der Waals surface area contributed by atoms with Crippen molar-refractivity contribution in [2.75, 3.05) is 0 Å². The van der Waals surface area contributed by atoms with Gasteiger partial charge < -0.3 is 0 Å².